The molecule has 30 heavy (non-hydrogen) atoms. The number of carbonyl (C=O) groups excluding carboxylic acids is 1. The fourth-order valence-electron chi connectivity index (χ4n) is 5.20. The number of nitrogens with zero attached hydrogens (tertiary/aromatic N) is 2. The third-order valence-electron chi connectivity index (χ3n) is 6.79. The van der Waals surface area contributed by atoms with Crippen molar-refractivity contribution in [2.24, 2.45) is 0 Å². The van der Waals surface area contributed by atoms with Crippen LogP contribution in [-0.4, -0.2) is 59.2 Å². The van der Waals surface area contributed by atoms with Gasteiger partial charge in [0, 0.05) is 24.8 Å². The minimum absolute atomic E-state index is 0.0143. The topological polar surface area (TPSA) is 93.9 Å². The second-order valence-electron chi connectivity index (χ2n) is 8.82. The van der Waals surface area contributed by atoms with Gasteiger partial charge in [0.15, 0.2) is 6.10 Å². The minimum atomic E-state index is -0.732. The van der Waals surface area contributed by atoms with E-state index in [4.69, 9.17) is 9.47 Å². The van der Waals surface area contributed by atoms with E-state index in [1.165, 1.54) is 25.0 Å². The highest BCUT2D eigenvalue weighted by Gasteiger charge is 2.46. The first-order valence-electron chi connectivity index (χ1n) is 11.1. The predicted octanol–water partition coefficient (Wildman–Crippen LogP) is 3.04. The van der Waals surface area contributed by atoms with Crippen molar-refractivity contribution < 1.29 is 19.2 Å². The molecule has 1 aliphatic carbocycles. The molecule has 1 aromatic carbocycles. The molecule has 8 nitrogen and oxygen atoms in total. The van der Waals surface area contributed by atoms with Crippen LogP contribution in [0, 0.1) is 10.1 Å². The highest BCUT2D eigenvalue weighted by Crippen LogP contribution is 2.41. The molecule has 1 aromatic rings. The Balaban J connectivity index is 1.40. The Hall–Kier alpha value is -2.19. The van der Waals surface area contributed by atoms with Gasteiger partial charge in [0.2, 0.25) is 0 Å². The van der Waals surface area contributed by atoms with E-state index in [1.807, 2.05) is 0 Å². The van der Waals surface area contributed by atoms with E-state index < -0.39 is 11.0 Å². The first-order valence-corrected chi connectivity index (χ1v) is 11.1. The second-order valence-corrected chi connectivity index (χ2v) is 8.82. The average molecular weight is 418 g/mol. The maximum absolute atomic E-state index is 12.9. The standard InChI is InChI=1S/C22H31N3O5/c1-16(30-18-7-4-6-17(14-18)25(27)28)21(26)23-19-8-10-22(9-5-13-29-22)15-20(19)24-11-2-3-12-24/h4,6-7,14,16,19-20H,2-3,5,8-13,15H2,1H3,(H,23,26). The number of nitrogens with one attached hydrogen (secondary N) is 1. The molecule has 3 fully saturated rings. The Kier molecular flexibility index (Phi) is 6.24. The zero-order valence-corrected chi connectivity index (χ0v) is 17.5. The fraction of sp³-hybridized carbons (Fsp3) is 0.682. The number of hydrogen-bond acceptors (Lipinski definition) is 6. The van der Waals surface area contributed by atoms with Gasteiger partial charge in [0.25, 0.3) is 11.6 Å². The van der Waals surface area contributed by atoms with E-state index in [9.17, 15) is 14.9 Å². The molecule has 3 aliphatic rings. The van der Waals surface area contributed by atoms with Gasteiger partial charge in [-0.3, -0.25) is 19.8 Å². The number of benzene rings is 1. The van der Waals surface area contributed by atoms with Gasteiger partial charge >= 0.3 is 0 Å². The summed E-state index contributed by atoms with van der Waals surface area (Å²) in [5, 5.41) is 14.2. The average Bonchev–Trinajstić information content (AvgIpc) is 3.42. The van der Waals surface area contributed by atoms with Crippen molar-refractivity contribution in [1.29, 1.82) is 0 Å². The normalized spacial score (nSPS) is 30.3. The van der Waals surface area contributed by atoms with Crippen molar-refractivity contribution in [2.75, 3.05) is 19.7 Å². The highest BCUT2D eigenvalue weighted by atomic mass is 16.6. The molecule has 2 aliphatic heterocycles. The largest absolute Gasteiger partial charge is 0.481 e. The molecule has 1 amide bonds. The Morgan fingerprint density at radius 1 is 1.33 bits per heavy atom. The molecule has 4 unspecified atom stereocenters. The van der Waals surface area contributed by atoms with E-state index in [2.05, 4.69) is 10.2 Å². The number of carbonyl (C=O) groups is 1. The summed E-state index contributed by atoms with van der Waals surface area (Å²) in [7, 11) is 0. The van der Waals surface area contributed by atoms with Crippen LogP contribution in [-0.2, 0) is 9.53 Å². The monoisotopic (exact) mass is 417 g/mol. The molecule has 1 saturated carbocycles. The second kappa shape index (κ2) is 8.89. The van der Waals surface area contributed by atoms with Gasteiger partial charge in [0.1, 0.15) is 5.75 Å². The summed E-state index contributed by atoms with van der Waals surface area (Å²) >= 11 is 0. The van der Waals surface area contributed by atoms with Gasteiger partial charge in [-0.25, -0.2) is 0 Å². The Morgan fingerprint density at radius 2 is 2.13 bits per heavy atom. The molecule has 0 bridgehead atoms. The Bertz CT molecular complexity index is 774. The minimum Gasteiger partial charge on any atom is -0.481 e. The van der Waals surface area contributed by atoms with Crippen LogP contribution in [0.25, 0.3) is 0 Å². The maximum atomic E-state index is 12.9. The molecule has 0 radical (unpaired) electrons. The predicted molar refractivity (Wildman–Crippen MR) is 111 cm³/mol. The molecule has 2 saturated heterocycles. The third kappa shape index (κ3) is 4.59. The quantitative estimate of drug-likeness (QED) is 0.565. The number of ether oxygens (including phenoxy) is 2. The summed E-state index contributed by atoms with van der Waals surface area (Å²) in [6.07, 6.45) is 6.76. The lowest BCUT2D eigenvalue weighted by atomic mass is 9.76. The van der Waals surface area contributed by atoms with Gasteiger partial charge in [-0.15, -0.1) is 0 Å². The number of likely N-dealkylation sites (tertiary alicyclic amines) is 1. The molecule has 1 N–H and O–H groups in total. The lowest BCUT2D eigenvalue weighted by molar-refractivity contribution is -0.384. The number of rotatable bonds is 6. The van der Waals surface area contributed by atoms with Crippen molar-refractivity contribution >= 4 is 11.6 Å². The zero-order chi connectivity index (χ0) is 21.1. The van der Waals surface area contributed by atoms with E-state index >= 15 is 0 Å². The first-order chi connectivity index (χ1) is 14.5. The lowest BCUT2D eigenvalue weighted by Gasteiger charge is -2.46. The summed E-state index contributed by atoms with van der Waals surface area (Å²) in [4.78, 5) is 25.9. The maximum Gasteiger partial charge on any atom is 0.273 e. The van der Waals surface area contributed by atoms with E-state index in [-0.39, 0.29) is 29.3 Å². The van der Waals surface area contributed by atoms with Crippen molar-refractivity contribution in [3.05, 3.63) is 34.4 Å². The molecule has 4 rings (SSSR count). The third-order valence-corrected chi connectivity index (χ3v) is 6.79. The Labute approximate surface area is 177 Å². The van der Waals surface area contributed by atoms with E-state index in [0.29, 0.717) is 5.75 Å². The number of nitro groups is 1. The van der Waals surface area contributed by atoms with Crippen LogP contribution in [0.5, 0.6) is 5.75 Å². The number of non-ortho nitro benzene ring substituents is 1. The summed E-state index contributed by atoms with van der Waals surface area (Å²) in [5.74, 6) is 0.142. The smallest absolute Gasteiger partial charge is 0.273 e. The number of hydrogen-bond donors (Lipinski definition) is 1. The Morgan fingerprint density at radius 3 is 2.83 bits per heavy atom. The molecular weight excluding hydrogens is 386 g/mol. The van der Waals surface area contributed by atoms with Crippen molar-refractivity contribution in [3.8, 4) is 5.75 Å². The molecule has 1 spiro atoms. The van der Waals surface area contributed by atoms with Crippen LogP contribution in [0.15, 0.2) is 24.3 Å². The fourth-order valence-corrected chi connectivity index (χ4v) is 5.20. The van der Waals surface area contributed by atoms with E-state index in [1.54, 1.807) is 19.1 Å². The van der Waals surface area contributed by atoms with Gasteiger partial charge in [-0.1, -0.05) is 6.07 Å². The summed E-state index contributed by atoms with van der Waals surface area (Å²) < 4.78 is 11.9. The molecule has 4 atom stereocenters. The zero-order valence-electron chi connectivity index (χ0n) is 17.5. The highest BCUT2D eigenvalue weighted by molar-refractivity contribution is 5.81. The summed E-state index contributed by atoms with van der Waals surface area (Å²) in [5.41, 5.74) is -0.0668. The van der Waals surface area contributed by atoms with Gasteiger partial charge in [0.05, 0.1) is 16.6 Å². The van der Waals surface area contributed by atoms with Crippen molar-refractivity contribution in [3.63, 3.8) is 0 Å². The van der Waals surface area contributed by atoms with Crippen LogP contribution in [0.2, 0.25) is 0 Å². The van der Waals surface area contributed by atoms with Crippen LogP contribution < -0.4 is 10.1 Å². The van der Waals surface area contributed by atoms with Crippen LogP contribution in [0.1, 0.15) is 51.9 Å². The molecule has 164 valence electrons. The van der Waals surface area contributed by atoms with Gasteiger partial charge in [-0.2, -0.15) is 0 Å². The summed E-state index contributed by atoms with van der Waals surface area (Å²) in [6.45, 7) is 4.68. The number of amides is 1. The molecule has 2 heterocycles. The van der Waals surface area contributed by atoms with Crippen molar-refractivity contribution in [2.45, 2.75) is 75.7 Å². The van der Waals surface area contributed by atoms with Gasteiger partial charge in [-0.05, 0) is 71.0 Å². The van der Waals surface area contributed by atoms with Crippen LogP contribution >= 0.6 is 0 Å². The van der Waals surface area contributed by atoms with Crippen molar-refractivity contribution in [1.82, 2.24) is 10.2 Å². The molecule has 0 aromatic heterocycles. The molecular formula is C22H31N3O5. The first kappa shape index (κ1) is 21.1. The van der Waals surface area contributed by atoms with Crippen LogP contribution in [0.3, 0.4) is 0 Å². The lowest BCUT2D eigenvalue weighted by Crippen LogP contribution is -2.59. The van der Waals surface area contributed by atoms with Gasteiger partial charge < -0.3 is 14.8 Å². The SMILES string of the molecule is CC(Oc1cccc([N+](=O)[O-])c1)C(=O)NC1CCC2(CCCO2)CC1N1CCCC1. The summed E-state index contributed by atoms with van der Waals surface area (Å²) in [6, 6.07) is 6.30. The van der Waals surface area contributed by atoms with E-state index in [0.717, 1.165) is 51.8 Å². The molecule has 8 heteroatoms. The number of nitro benzene ring substituents is 1. The van der Waals surface area contributed by atoms with Crippen LogP contribution in [0.4, 0.5) is 5.69 Å².